The third-order valence-electron chi connectivity index (χ3n) is 6.88. The Balaban J connectivity index is 1.85. The number of ketones is 2. The van der Waals surface area contributed by atoms with Gasteiger partial charge < -0.3 is 0 Å². The van der Waals surface area contributed by atoms with Crippen LogP contribution in [0.1, 0.15) is 78.6 Å². The van der Waals surface area contributed by atoms with Crippen molar-refractivity contribution in [3.8, 4) is 0 Å². The number of hydrogen-bond donors (Lipinski definition) is 0. The van der Waals surface area contributed by atoms with Crippen molar-refractivity contribution >= 4 is 11.6 Å². The molecular weight excluding hydrogens is 284 g/mol. The molecule has 0 aromatic rings. The van der Waals surface area contributed by atoms with Gasteiger partial charge in [0.05, 0.1) is 0 Å². The van der Waals surface area contributed by atoms with Gasteiger partial charge in [-0.25, -0.2) is 0 Å². The van der Waals surface area contributed by atoms with Gasteiger partial charge in [0.1, 0.15) is 5.78 Å². The first-order valence-corrected chi connectivity index (χ1v) is 9.47. The molecule has 2 fully saturated rings. The highest BCUT2D eigenvalue weighted by molar-refractivity contribution is 5.92. The van der Waals surface area contributed by atoms with Gasteiger partial charge in [0.2, 0.25) is 0 Å². The fourth-order valence-electron chi connectivity index (χ4n) is 5.38. The molecule has 0 radical (unpaired) electrons. The van der Waals surface area contributed by atoms with Gasteiger partial charge in [-0.1, -0.05) is 26.3 Å². The number of Topliss-reactive ketones (excluding diaryl/α,β-unsaturated/α-hetero) is 1. The van der Waals surface area contributed by atoms with E-state index in [0.717, 1.165) is 38.5 Å². The van der Waals surface area contributed by atoms with E-state index < -0.39 is 0 Å². The van der Waals surface area contributed by atoms with Crippen LogP contribution in [0.25, 0.3) is 0 Å². The molecule has 0 aromatic carbocycles. The predicted molar refractivity (Wildman–Crippen MR) is 93.1 cm³/mol. The molecule has 0 heterocycles. The van der Waals surface area contributed by atoms with E-state index in [1.807, 2.05) is 13.0 Å². The van der Waals surface area contributed by atoms with Gasteiger partial charge >= 0.3 is 0 Å². The highest BCUT2D eigenvalue weighted by Crippen LogP contribution is 2.57. The number of carbonyl (C=O) groups excluding carboxylic acids is 2. The van der Waals surface area contributed by atoms with Crippen molar-refractivity contribution in [2.24, 2.45) is 17.3 Å². The lowest BCUT2D eigenvalue weighted by molar-refractivity contribution is -0.126. The van der Waals surface area contributed by atoms with Gasteiger partial charge in [-0.05, 0) is 73.5 Å². The first-order chi connectivity index (χ1) is 11.0. The van der Waals surface area contributed by atoms with E-state index in [1.165, 1.54) is 17.6 Å². The second kappa shape index (κ2) is 6.37. The summed E-state index contributed by atoms with van der Waals surface area (Å²) < 4.78 is 0. The Morgan fingerprint density at radius 2 is 2.00 bits per heavy atom. The lowest BCUT2D eigenvalue weighted by Gasteiger charge is -2.42. The molecule has 2 heteroatoms. The van der Waals surface area contributed by atoms with Crippen LogP contribution in [0.5, 0.6) is 0 Å². The molecule has 0 aromatic heterocycles. The highest BCUT2D eigenvalue weighted by atomic mass is 16.1. The number of hydrogen-bond acceptors (Lipinski definition) is 2. The normalized spacial score (nSPS) is 37.5. The van der Waals surface area contributed by atoms with Crippen LogP contribution in [0.4, 0.5) is 0 Å². The van der Waals surface area contributed by atoms with Crippen LogP contribution >= 0.6 is 0 Å². The lowest BCUT2D eigenvalue weighted by atomic mass is 9.62. The Hall–Kier alpha value is -1.18. The SMILES string of the molecule is CCC(=O)C1CCC2C/C(=C3/CCC(=O)C=C3CC)CCC21C. The fraction of sp³-hybridized carbons (Fsp3) is 0.714. The summed E-state index contributed by atoms with van der Waals surface area (Å²) in [6, 6.07) is 0. The van der Waals surface area contributed by atoms with Crippen LogP contribution in [0, 0.1) is 17.3 Å². The Kier molecular flexibility index (Phi) is 4.62. The molecule has 126 valence electrons. The van der Waals surface area contributed by atoms with Crippen molar-refractivity contribution in [2.45, 2.75) is 78.6 Å². The maximum Gasteiger partial charge on any atom is 0.156 e. The summed E-state index contributed by atoms with van der Waals surface area (Å²) in [6.45, 7) is 6.53. The van der Waals surface area contributed by atoms with Crippen molar-refractivity contribution in [3.05, 3.63) is 22.8 Å². The number of rotatable bonds is 3. The van der Waals surface area contributed by atoms with Gasteiger partial charge in [0, 0.05) is 18.8 Å². The molecule has 3 aliphatic carbocycles. The predicted octanol–water partition coefficient (Wildman–Crippen LogP) is 5.18. The summed E-state index contributed by atoms with van der Waals surface area (Å²) in [5.41, 5.74) is 4.58. The van der Waals surface area contributed by atoms with Crippen molar-refractivity contribution < 1.29 is 9.59 Å². The minimum atomic E-state index is 0.220. The van der Waals surface area contributed by atoms with E-state index in [9.17, 15) is 9.59 Å². The molecule has 0 amide bonds. The minimum Gasteiger partial charge on any atom is -0.299 e. The molecule has 3 unspecified atom stereocenters. The largest absolute Gasteiger partial charge is 0.299 e. The monoisotopic (exact) mass is 314 g/mol. The van der Waals surface area contributed by atoms with Gasteiger partial charge in [-0.3, -0.25) is 9.59 Å². The molecule has 0 aliphatic heterocycles. The summed E-state index contributed by atoms with van der Waals surface area (Å²) in [7, 11) is 0. The molecule has 2 nitrogen and oxygen atoms in total. The lowest BCUT2D eigenvalue weighted by Crippen LogP contribution is -2.36. The van der Waals surface area contributed by atoms with Gasteiger partial charge in [0.25, 0.3) is 0 Å². The molecule has 0 saturated heterocycles. The average Bonchev–Trinajstić information content (AvgIpc) is 2.90. The van der Waals surface area contributed by atoms with Crippen LogP contribution < -0.4 is 0 Å². The number of fused-ring (bicyclic) bond motifs is 1. The van der Waals surface area contributed by atoms with E-state index in [0.29, 0.717) is 30.3 Å². The summed E-state index contributed by atoms with van der Waals surface area (Å²) in [6.07, 6.45) is 10.9. The zero-order valence-electron chi connectivity index (χ0n) is 14.9. The van der Waals surface area contributed by atoms with Gasteiger partial charge in [-0.15, -0.1) is 0 Å². The van der Waals surface area contributed by atoms with Crippen LogP contribution in [-0.4, -0.2) is 11.6 Å². The summed E-state index contributed by atoms with van der Waals surface area (Å²) in [5.74, 6) is 1.72. The van der Waals surface area contributed by atoms with Gasteiger partial charge in [0.15, 0.2) is 5.78 Å². The van der Waals surface area contributed by atoms with Crippen LogP contribution in [0.2, 0.25) is 0 Å². The topological polar surface area (TPSA) is 34.1 Å². The molecular formula is C21H30O2. The average molecular weight is 314 g/mol. The zero-order chi connectivity index (χ0) is 16.6. The summed E-state index contributed by atoms with van der Waals surface area (Å²) >= 11 is 0. The smallest absolute Gasteiger partial charge is 0.156 e. The standard InChI is InChI=1S/C21H30O2/c1-4-14-13-17(22)7-8-18(14)15-10-11-21(3)16(12-15)6-9-19(21)20(23)5-2/h13,16,19H,4-12H2,1-3H3/b18-15-. The second-order valence-electron chi connectivity index (χ2n) is 7.93. The zero-order valence-corrected chi connectivity index (χ0v) is 14.9. The van der Waals surface area contributed by atoms with Crippen LogP contribution in [0.15, 0.2) is 22.8 Å². The second-order valence-corrected chi connectivity index (χ2v) is 7.93. The quantitative estimate of drug-likeness (QED) is 0.719. The molecule has 3 aliphatic rings. The third kappa shape index (κ3) is 2.86. The van der Waals surface area contributed by atoms with Crippen LogP contribution in [-0.2, 0) is 9.59 Å². The number of allylic oxidation sites excluding steroid dienone is 4. The fourth-order valence-corrected chi connectivity index (χ4v) is 5.38. The summed E-state index contributed by atoms with van der Waals surface area (Å²) in [4.78, 5) is 24.0. The first kappa shape index (κ1) is 16.7. The first-order valence-electron chi connectivity index (χ1n) is 9.47. The van der Waals surface area contributed by atoms with Gasteiger partial charge in [-0.2, -0.15) is 0 Å². The Bertz CT molecular complexity index is 581. The Labute approximate surface area is 140 Å². The van der Waals surface area contributed by atoms with E-state index in [4.69, 9.17) is 0 Å². The number of carbonyl (C=O) groups is 2. The van der Waals surface area contributed by atoms with E-state index in [2.05, 4.69) is 13.8 Å². The van der Waals surface area contributed by atoms with E-state index in [1.54, 1.807) is 5.57 Å². The van der Waals surface area contributed by atoms with E-state index in [-0.39, 0.29) is 11.3 Å². The maximum atomic E-state index is 12.3. The molecule has 0 spiro atoms. The molecule has 23 heavy (non-hydrogen) atoms. The van der Waals surface area contributed by atoms with E-state index >= 15 is 0 Å². The van der Waals surface area contributed by atoms with Crippen molar-refractivity contribution in [2.75, 3.05) is 0 Å². The van der Waals surface area contributed by atoms with Crippen molar-refractivity contribution in [3.63, 3.8) is 0 Å². The molecule has 2 saturated carbocycles. The molecule has 0 bridgehead atoms. The maximum absolute atomic E-state index is 12.3. The molecule has 3 rings (SSSR count). The molecule has 0 N–H and O–H groups in total. The third-order valence-corrected chi connectivity index (χ3v) is 6.88. The highest BCUT2D eigenvalue weighted by Gasteiger charge is 2.50. The van der Waals surface area contributed by atoms with Crippen molar-refractivity contribution in [1.82, 2.24) is 0 Å². The van der Waals surface area contributed by atoms with Crippen molar-refractivity contribution in [1.29, 1.82) is 0 Å². The van der Waals surface area contributed by atoms with Crippen LogP contribution in [0.3, 0.4) is 0 Å². The Morgan fingerprint density at radius 1 is 1.22 bits per heavy atom. The molecule has 3 atom stereocenters. The summed E-state index contributed by atoms with van der Waals surface area (Å²) in [5, 5.41) is 0. The minimum absolute atomic E-state index is 0.220. The Morgan fingerprint density at radius 3 is 2.70 bits per heavy atom.